The first-order chi connectivity index (χ1) is 32.0. The van der Waals surface area contributed by atoms with E-state index in [1.165, 1.54) is 345 Å². The summed E-state index contributed by atoms with van der Waals surface area (Å²) >= 11 is 0. The van der Waals surface area contributed by atoms with Gasteiger partial charge in [-0.2, -0.15) is 0 Å². The minimum atomic E-state index is -0.902. The Morgan fingerprint density at radius 2 is 0.385 bits per heavy atom. The van der Waals surface area contributed by atoms with E-state index in [4.69, 9.17) is 0 Å². The summed E-state index contributed by atoms with van der Waals surface area (Å²) in [7, 11) is 2.62. The lowest BCUT2D eigenvalue weighted by molar-refractivity contribution is -0.910. The molecule has 0 radical (unpaired) electrons. The van der Waals surface area contributed by atoms with Crippen molar-refractivity contribution in [2.75, 3.05) is 26.7 Å². The van der Waals surface area contributed by atoms with Gasteiger partial charge in [0.25, 0.3) is 0 Å². The van der Waals surface area contributed by atoms with Gasteiger partial charge in [-0.05, 0) is 51.4 Å². The summed E-state index contributed by atoms with van der Waals surface area (Å²) in [5.74, 6) is -0.902. The van der Waals surface area contributed by atoms with Gasteiger partial charge in [-0.25, -0.2) is 0 Å². The average Bonchev–Trinajstić information content (AvgIpc) is 3.30. The maximum Gasteiger partial charge on any atom is 0.0784 e. The molecule has 0 saturated heterocycles. The second-order valence-electron chi connectivity index (χ2n) is 21.9. The highest BCUT2D eigenvalue weighted by Crippen LogP contribution is 2.19. The van der Waals surface area contributed by atoms with Crippen molar-refractivity contribution in [3.63, 3.8) is 0 Å². The quantitative estimate of drug-likeness (QED) is 0.0450. The van der Waals surface area contributed by atoms with E-state index < -0.39 is 5.97 Å². The minimum Gasteiger partial charge on any atom is -0.550 e. The van der Waals surface area contributed by atoms with Crippen LogP contribution in [-0.2, 0) is 4.79 Å². The van der Waals surface area contributed by atoms with Gasteiger partial charge in [0, 0.05) is 5.97 Å². The van der Waals surface area contributed by atoms with E-state index in [1.807, 2.05) is 0 Å². The van der Waals surface area contributed by atoms with Crippen LogP contribution in [0.1, 0.15) is 368 Å². The summed E-state index contributed by atoms with van der Waals surface area (Å²) in [5, 5.41) is 10.2. The molecule has 0 aromatic rings. The SMILES string of the molecule is CCCCCCCCCCCCCCCCCCC(=O)[O-].CCCCCCCCCCCCCC[N+](C)(CCCCCCCCCCCCCC)CCCCCCCCCCCCCC. The molecular weight excluding hydrogens is 791 g/mol. The van der Waals surface area contributed by atoms with Crippen molar-refractivity contribution in [1.29, 1.82) is 0 Å². The summed E-state index contributed by atoms with van der Waals surface area (Å²) in [6.45, 7) is 13.5. The number of quaternary nitrogens is 1. The van der Waals surface area contributed by atoms with Crippen molar-refractivity contribution in [2.45, 2.75) is 368 Å². The van der Waals surface area contributed by atoms with Crippen molar-refractivity contribution in [3.05, 3.63) is 0 Å². The molecule has 0 aromatic heterocycles. The molecule has 392 valence electrons. The summed E-state index contributed by atoms with van der Waals surface area (Å²) in [4.78, 5) is 10.2. The van der Waals surface area contributed by atoms with Crippen LogP contribution in [0, 0.1) is 0 Å². The van der Waals surface area contributed by atoms with Gasteiger partial charge in [-0.3, -0.25) is 0 Å². The zero-order chi connectivity index (χ0) is 47.7. The van der Waals surface area contributed by atoms with E-state index in [2.05, 4.69) is 34.7 Å². The molecule has 0 N–H and O–H groups in total. The Labute approximate surface area is 413 Å². The van der Waals surface area contributed by atoms with Gasteiger partial charge in [0.05, 0.1) is 26.7 Å². The summed E-state index contributed by atoms with van der Waals surface area (Å²) in [6, 6.07) is 0. The molecule has 0 spiro atoms. The molecule has 0 bridgehead atoms. The fourth-order valence-electron chi connectivity index (χ4n) is 10.2. The van der Waals surface area contributed by atoms with E-state index in [0.29, 0.717) is 0 Å². The number of aliphatic carboxylic acids is 1. The third-order valence-electron chi connectivity index (χ3n) is 14.9. The van der Waals surface area contributed by atoms with E-state index in [9.17, 15) is 9.90 Å². The van der Waals surface area contributed by atoms with E-state index >= 15 is 0 Å². The molecule has 0 unspecified atom stereocenters. The van der Waals surface area contributed by atoms with Crippen molar-refractivity contribution >= 4 is 5.97 Å². The van der Waals surface area contributed by atoms with Crippen LogP contribution >= 0.6 is 0 Å². The van der Waals surface area contributed by atoms with Crippen LogP contribution in [0.5, 0.6) is 0 Å². The predicted molar refractivity (Wildman–Crippen MR) is 293 cm³/mol. The second-order valence-corrected chi connectivity index (χ2v) is 21.9. The minimum absolute atomic E-state index is 0.235. The molecule has 65 heavy (non-hydrogen) atoms. The average molecular weight is 919 g/mol. The Balaban J connectivity index is 0. The Morgan fingerprint density at radius 1 is 0.246 bits per heavy atom. The largest absolute Gasteiger partial charge is 0.550 e. The third kappa shape index (κ3) is 61.4. The Morgan fingerprint density at radius 3 is 0.538 bits per heavy atom. The molecule has 0 aliphatic rings. The van der Waals surface area contributed by atoms with Gasteiger partial charge >= 0.3 is 0 Å². The number of carbonyl (C=O) groups excluding carboxylic acids is 1. The molecule has 3 heteroatoms. The highest BCUT2D eigenvalue weighted by atomic mass is 16.4. The van der Waals surface area contributed by atoms with Crippen LogP contribution in [0.25, 0.3) is 0 Å². The number of carbonyl (C=O) groups is 1. The molecule has 0 atom stereocenters. The molecule has 0 aliphatic heterocycles. The number of carboxylic acid groups (broad SMARTS) is 1. The maximum atomic E-state index is 10.2. The Bertz CT molecular complexity index is 773. The molecule has 0 fully saturated rings. The van der Waals surface area contributed by atoms with E-state index in [1.54, 1.807) is 0 Å². The van der Waals surface area contributed by atoms with Crippen LogP contribution in [0.15, 0.2) is 0 Å². The molecule has 0 heterocycles. The molecule has 3 nitrogen and oxygen atoms in total. The van der Waals surface area contributed by atoms with E-state index in [-0.39, 0.29) is 6.42 Å². The molecule has 0 amide bonds. The number of nitrogens with zero attached hydrogens (tertiary/aromatic N) is 1. The highest BCUT2D eigenvalue weighted by molar-refractivity contribution is 5.64. The van der Waals surface area contributed by atoms with Gasteiger partial charge in [0.15, 0.2) is 0 Å². The number of rotatable bonds is 56. The normalized spacial score (nSPS) is 11.6. The Kier molecular flexibility index (Phi) is 60.9. The lowest BCUT2D eigenvalue weighted by Crippen LogP contribution is -2.46. The first-order valence-electron chi connectivity index (χ1n) is 31.0. The fourth-order valence-corrected chi connectivity index (χ4v) is 10.2. The van der Waals surface area contributed by atoms with Gasteiger partial charge in [0.2, 0.25) is 0 Å². The summed E-state index contributed by atoms with van der Waals surface area (Å²) in [6.07, 6.45) is 74.1. The van der Waals surface area contributed by atoms with Gasteiger partial charge in [0.1, 0.15) is 0 Å². The number of unbranched alkanes of at least 4 members (excludes halogenated alkanes) is 48. The lowest BCUT2D eigenvalue weighted by Gasteiger charge is -2.35. The fraction of sp³-hybridized carbons (Fsp3) is 0.984. The second kappa shape index (κ2) is 59.6. The van der Waals surface area contributed by atoms with Crippen molar-refractivity contribution < 1.29 is 14.4 Å². The van der Waals surface area contributed by atoms with Gasteiger partial charge in [-0.15, -0.1) is 0 Å². The Hall–Kier alpha value is -0.570. The van der Waals surface area contributed by atoms with Gasteiger partial charge < -0.3 is 14.4 Å². The molecule has 0 rings (SSSR count). The highest BCUT2D eigenvalue weighted by Gasteiger charge is 2.20. The topological polar surface area (TPSA) is 40.1 Å². The molecular formula is C62H127NO2. The van der Waals surface area contributed by atoms with Crippen molar-refractivity contribution in [1.82, 2.24) is 0 Å². The zero-order valence-electron chi connectivity index (χ0n) is 46.4. The maximum absolute atomic E-state index is 10.2. The summed E-state index contributed by atoms with van der Waals surface area (Å²) in [5.41, 5.74) is 0. The molecule has 0 aromatic carbocycles. The van der Waals surface area contributed by atoms with Crippen molar-refractivity contribution in [3.8, 4) is 0 Å². The van der Waals surface area contributed by atoms with Crippen LogP contribution < -0.4 is 5.11 Å². The monoisotopic (exact) mass is 918 g/mol. The van der Waals surface area contributed by atoms with Crippen LogP contribution in [0.3, 0.4) is 0 Å². The predicted octanol–water partition coefficient (Wildman–Crippen LogP) is 20.9. The van der Waals surface area contributed by atoms with Crippen LogP contribution in [-0.4, -0.2) is 37.1 Å². The van der Waals surface area contributed by atoms with Crippen LogP contribution in [0.4, 0.5) is 0 Å². The number of hydrogen-bond acceptors (Lipinski definition) is 2. The zero-order valence-corrected chi connectivity index (χ0v) is 46.4. The number of hydrogen-bond donors (Lipinski definition) is 0. The van der Waals surface area contributed by atoms with Crippen LogP contribution in [0.2, 0.25) is 0 Å². The standard InChI is InChI=1S/C43H90N.C19H38O2/c1-5-8-11-14-17-20-23-26-29-32-35-38-41-44(4,42-39-36-33-30-27-24-21-18-15-12-9-6-2)43-40-37-34-31-28-25-22-19-16-13-10-7-3;1-2-3-4-5-6-7-8-9-10-11-12-13-14-15-16-17-18-19(20)21/h5-43H2,1-4H3;2-18H2,1H3,(H,20,21)/q+1;/p-1. The number of carboxylic acids is 1. The first kappa shape index (κ1) is 66.5. The van der Waals surface area contributed by atoms with Crippen molar-refractivity contribution in [2.24, 2.45) is 0 Å². The first-order valence-corrected chi connectivity index (χ1v) is 31.0. The third-order valence-corrected chi connectivity index (χ3v) is 14.9. The smallest absolute Gasteiger partial charge is 0.0784 e. The summed E-state index contributed by atoms with van der Waals surface area (Å²) < 4.78 is 1.37. The molecule has 0 aliphatic carbocycles. The lowest BCUT2D eigenvalue weighted by atomic mass is 10.0. The van der Waals surface area contributed by atoms with Gasteiger partial charge in [-0.1, -0.05) is 317 Å². The molecule has 0 saturated carbocycles. The van der Waals surface area contributed by atoms with E-state index in [0.717, 1.165) is 12.8 Å².